The van der Waals surface area contributed by atoms with Gasteiger partial charge in [-0.15, -0.1) is 33.3 Å². The molecule has 246 valence electrons. The molecule has 0 saturated carbocycles. The maximum Gasteiger partial charge on any atom is 1.00 e. The summed E-state index contributed by atoms with van der Waals surface area (Å²) in [5, 5.41) is 28.5. The van der Waals surface area contributed by atoms with Gasteiger partial charge in [-0.1, -0.05) is 28.3 Å². The van der Waals surface area contributed by atoms with Gasteiger partial charge in [0.1, 0.15) is 28.7 Å². The minimum absolute atomic E-state index is 0. The second-order valence-corrected chi connectivity index (χ2v) is 13.7. The zero-order valence-corrected chi connectivity index (χ0v) is 31.0. The van der Waals surface area contributed by atoms with E-state index in [1.807, 2.05) is 0 Å². The molecule has 21 heteroatoms. The van der Waals surface area contributed by atoms with Gasteiger partial charge in [0.15, 0.2) is 26.7 Å². The molecule has 0 radical (unpaired) electrons. The SMILES string of the molecule is CCO/N=C(/C(=O)N[C@@H]1C(=O)N2C(C(=O)[O-])=C(CSc3nnc(-c4ccc(OC(C)=O)c(OC(C)=O)c4)s3)CS[C@H]12)c1csc(N)n1.[Na+]. The number of rotatable bonds is 12. The van der Waals surface area contributed by atoms with Crippen LogP contribution in [-0.2, 0) is 28.8 Å². The molecule has 2 amide bonds. The number of thiazole rings is 1. The van der Waals surface area contributed by atoms with Gasteiger partial charge in [-0.05, 0) is 30.7 Å². The van der Waals surface area contributed by atoms with Crippen molar-refractivity contribution in [3.63, 3.8) is 0 Å². The molecule has 2 aliphatic rings. The van der Waals surface area contributed by atoms with Crippen molar-refractivity contribution < 1.29 is 72.9 Å². The maximum absolute atomic E-state index is 13.2. The largest absolute Gasteiger partial charge is 1.00 e. The molecule has 1 fully saturated rings. The second-order valence-electron chi connectivity index (χ2n) is 9.54. The van der Waals surface area contributed by atoms with Crippen molar-refractivity contribution in [1.82, 2.24) is 25.4 Å². The van der Waals surface area contributed by atoms with E-state index in [-0.39, 0.29) is 81.4 Å². The minimum atomic E-state index is -1.52. The minimum Gasteiger partial charge on any atom is -0.543 e. The fourth-order valence-electron chi connectivity index (χ4n) is 4.37. The van der Waals surface area contributed by atoms with E-state index in [9.17, 15) is 29.1 Å². The number of benzene rings is 1. The molecule has 3 N–H and O–H groups in total. The second kappa shape index (κ2) is 16.2. The Morgan fingerprint density at radius 2 is 1.90 bits per heavy atom. The Labute approximate surface area is 311 Å². The number of aliphatic carboxylic acids is 1. The van der Waals surface area contributed by atoms with Crippen LogP contribution in [0.2, 0.25) is 0 Å². The fraction of sp³-hybridized carbons (Fsp3) is 0.296. The molecule has 4 heterocycles. The van der Waals surface area contributed by atoms with E-state index in [2.05, 4.69) is 25.7 Å². The number of nitrogen functional groups attached to an aromatic ring is 1. The van der Waals surface area contributed by atoms with Crippen LogP contribution < -0.4 is 55.2 Å². The van der Waals surface area contributed by atoms with Crippen molar-refractivity contribution in [2.45, 2.75) is 36.5 Å². The first-order valence-corrected chi connectivity index (χ1v) is 17.3. The molecule has 2 atom stereocenters. The average Bonchev–Trinajstić information content (AvgIpc) is 3.68. The molecule has 0 unspecified atom stereocenters. The summed E-state index contributed by atoms with van der Waals surface area (Å²) in [4.78, 5) is 71.7. The number of fused-ring (bicyclic) bond motifs is 1. The third-order valence-corrected chi connectivity index (χ3v) is 10.5. The predicted molar refractivity (Wildman–Crippen MR) is 170 cm³/mol. The molecule has 5 rings (SSSR count). The van der Waals surface area contributed by atoms with E-state index < -0.39 is 41.1 Å². The van der Waals surface area contributed by atoms with Crippen molar-refractivity contribution in [2.24, 2.45) is 5.16 Å². The van der Waals surface area contributed by atoms with E-state index in [4.69, 9.17) is 20.0 Å². The Bertz CT molecular complexity index is 1830. The molecular formula is C27H24N7NaO9S4. The number of ether oxygens (including phenoxy) is 2. The molecule has 3 aromatic rings. The van der Waals surface area contributed by atoms with Crippen molar-refractivity contribution in [3.05, 3.63) is 40.5 Å². The molecular weight excluding hydrogens is 718 g/mol. The monoisotopic (exact) mass is 741 g/mol. The van der Waals surface area contributed by atoms with Gasteiger partial charge >= 0.3 is 41.5 Å². The molecule has 1 aromatic carbocycles. The Morgan fingerprint density at radius 1 is 1.17 bits per heavy atom. The summed E-state index contributed by atoms with van der Waals surface area (Å²) in [5.74, 6) is -3.55. The first kappa shape index (κ1) is 37.3. The molecule has 16 nitrogen and oxygen atoms in total. The van der Waals surface area contributed by atoms with Gasteiger partial charge in [0.2, 0.25) is 0 Å². The smallest absolute Gasteiger partial charge is 0.543 e. The van der Waals surface area contributed by atoms with Crippen LogP contribution >= 0.6 is 46.2 Å². The van der Waals surface area contributed by atoms with Crippen LogP contribution in [0.25, 0.3) is 10.6 Å². The number of carboxylic acid groups (broad SMARTS) is 1. The number of anilines is 1. The maximum atomic E-state index is 13.2. The molecule has 48 heavy (non-hydrogen) atoms. The van der Waals surface area contributed by atoms with E-state index in [0.29, 0.717) is 20.5 Å². The Balaban J connectivity index is 0.00000520. The third kappa shape index (κ3) is 8.36. The number of nitrogens with zero attached hydrogens (tertiary/aromatic N) is 5. The number of nitrogens with two attached hydrogens (primary N) is 1. The Kier molecular flexibility index (Phi) is 12.6. The van der Waals surface area contributed by atoms with E-state index in [0.717, 1.165) is 16.2 Å². The van der Waals surface area contributed by atoms with Crippen molar-refractivity contribution in [1.29, 1.82) is 0 Å². The summed E-state index contributed by atoms with van der Waals surface area (Å²) < 4.78 is 10.8. The van der Waals surface area contributed by atoms with Gasteiger partial charge in [-0.3, -0.25) is 24.1 Å². The van der Waals surface area contributed by atoms with Gasteiger partial charge in [0.05, 0.1) is 11.7 Å². The fourth-order valence-corrected chi connectivity index (χ4v) is 8.25. The number of carboxylic acids is 1. The molecule has 2 aromatic heterocycles. The number of esters is 2. The predicted octanol–water partition coefficient (Wildman–Crippen LogP) is -1.96. The topological polar surface area (TPSA) is 228 Å². The van der Waals surface area contributed by atoms with Gasteiger partial charge < -0.3 is 35.3 Å². The number of aromatic nitrogens is 3. The average molecular weight is 742 g/mol. The molecule has 2 aliphatic heterocycles. The first-order chi connectivity index (χ1) is 22.5. The Hall–Kier alpha value is -3.53. The van der Waals surface area contributed by atoms with Crippen LogP contribution in [0.3, 0.4) is 0 Å². The van der Waals surface area contributed by atoms with Crippen LogP contribution in [0.5, 0.6) is 11.5 Å². The first-order valence-electron chi connectivity index (χ1n) is 13.5. The summed E-state index contributed by atoms with van der Waals surface area (Å²) in [6, 6.07) is 3.56. The summed E-state index contributed by atoms with van der Waals surface area (Å²) >= 11 is 4.81. The number of β-lactam (4-membered cyclic amide) rings is 1. The van der Waals surface area contributed by atoms with Crippen molar-refractivity contribution in [3.8, 4) is 22.1 Å². The van der Waals surface area contributed by atoms with Gasteiger partial charge in [0.25, 0.3) is 11.8 Å². The third-order valence-electron chi connectivity index (χ3n) is 6.27. The van der Waals surface area contributed by atoms with E-state index in [1.54, 1.807) is 13.0 Å². The van der Waals surface area contributed by atoms with Crippen LogP contribution in [0, 0.1) is 0 Å². The van der Waals surface area contributed by atoms with Crippen LogP contribution in [-0.4, -0.2) is 85.0 Å². The van der Waals surface area contributed by atoms with Gasteiger partial charge in [-0.2, -0.15) is 0 Å². The van der Waals surface area contributed by atoms with Crippen LogP contribution in [0.1, 0.15) is 26.5 Å². The summed E-state index contributed by atoms with van der Waals surface area (Å²) in [7, 11) is 0. The molecule has 0 aliphatic carbocycles. The number of nitrogens with one attached hydrogen (secondary N) is 1. The molecule has 0 spiro atoms. The standard InChI is InChI=1S/C27H25N7O9S4.Na/c1-4-41-33-18(15-10-45-26(28)29-15)21(37)30-19-23(38)34-20(25(39)40)14(8-44-24(19)34)9-46-27-32-31-22(47-27)13-5-6-16(42-11(2)35)17(7-13)43-12(3)36;/h5-7,10,19,24H,4,8-9H2,1-3H3,(H2,28,29)(H,30,37)(H,39,40);/q;+1/p-1/b33-18+;/t19-,24-;/m1./s1. The number of carbonyl (C=O) groups is 5. The molecule has 0 bridgehead atoms. The van der Waals surface area contributed by atoms with E-state index >= 15 is 0 Å². The van der Waals surface area contributed by atoms with Gasteiger partial charge in [0, 0.05) is 36.3 Å². The summed E-state index contributed by atoms with van der Waals surface area (Å²) in [5.41, 5.74) is 6.42. The summed E-state index contributed by atoms with van der Waals surface area (Å²) in [6.45, 7) is 4.30. The summed E-state index contributed by atoms with van der Waals surface area (Å²) in [6.07, 6.45) is 0. The molecule has 1 saturated heterocycles. The number of carbonyl (C=O) groups excluding carboxylic acids is 5. The van der Waals surface area contributed by atoms with Crippen LogP contribution in [0.15, 0.2) is 44.3 Å². The number of amides is 2. The Morgan fingerprint density at radius 3 is 2.54 bits per heavy atom. The number of thioether (sulfide) groups is 2. The zero-order chi connectivity index (χ0) is 33.8. The van der Waals surface area contributed by atoms with Crippen molar-refractivity contribution >= 4 is 86.8 Å². The quantitative estimate of drug-likeness (QED) is 0.0391. The number of hydrogen-bond acceptors (Lipinski definition) is 18. The number of oxime groups is 1. The van der Waals surface area contributed by atoms with Crippen LogP contribution in [0.4, 0.5) is 5.13 Å². The number of hydrogen-bond donors (Lipinski definition) is 2. The van der Waals surface area contributed by atoms with Gasteiger partial charge in [-0.25, -0.2) is 4.98 Å². The zero-order valence-electron chi connectivity index (χ0n) is 25.7. The normalized spacial score (nSPS) is 17.1. The van der Waals surface area contributed by atoms with E-state index in [1.165, 1.54) is 66.2 Å². The van der Waals surface area contributed by atoms with Crippen molar-refractivity contribution in [2.75, 3.05) is 23.8 Å².